The summed E-state index contributed by atoms with van der Waals surface area (Å²) in [5.74, 6) is 0.533. The van der Waals surface area contributed by atoms with Crippen LogP contribution in [0.5, 0.6) is 0 Å². The van der Waals surface area contributed by atoms with Gasteiger partial charge in [0.25, 0.3) is 0 Å². The van der Waals surface area contributed by atoms with Crippen molar-refractivity contribution in [1.82, 2.24) is 5.32 Å². The molecule has 1 aromatic heterocycles. The lowest BCUT2D eigenvalue weighted by Crippen LogP contribution is -2.30. The van der Waals surface area contributed by atoms with Crippen LogP contribution in [0.15, 0.2) is 12.1 Å². The van der Waals surface area contributed by atoms with Crippen molar-refractivity contribution in [2.75, 3.05) is 0 Å². The average Bonchev–Trinajstić information content (AvgIpc) is 2.63. The van der Waals surface area contributed by atoms with E-state index in [1.165, 1.54) is 9.75 Å². The number of hydrogen-bond acceptors (Lipinski definition) is 2. The lowest BCUT2D eigenvalue weighted by molar-refractivity contribution is -0.123. The molecule has 0 bridgehead atoms. The molecule has 1 heterocycles. The zero-order chi connectivity index (χ0) is 13.9. The minimum absolute atomic E-state index is 0.114. The number of carbonyl (C=O) groups is 1. The maximum atomic E-state index is 12.0. The number of amides is 1. The summed E-state index contributed by atoms with van der Waals surface area (Å²) >= 11 is 1.75. The van der Waals surface area contributed by atoms with Crippen LogP contribution >= 0.6 is 11.3 Å². The second-order valence-electron chi connectivity index (χ2n) is 6.21. The molecular weight excluding hydrogens is 242 g/mol. The Balaban J connectivity index is 2.50. The Morgan fingerprint density at radius 2 is 1.94 bits per heavy atom. The summed E-state index contributed by atoms with van der Waals surface area (Å²) < 4.78 is 0. The number of carbonyl (C=O) groups excluding carboxylic acids is 1. The van der Waals surface area contributed by atoms with Crippen molar-refractivity contribution in [2.45, 2.75) is 54.0 Å². The molecule has 2 unspecified atom stereocenters. The first-order valence-electron chi connectivity index (χ1n) is 6.56. The van der Waals surface area contributed by atoms with E-state index in [1.807, 2.05) is 6.92 Å². The van der Waals surface area contributed by atoms with Crippen molar-refractivity contribution < 1.29 is 4.79 Å². The van der Waals surface area contributed by atoms with Gasteiger partial charge in [0, 0.05) is 16.2 Å². The maximum absolute atomic E-state index is 12.0. The molecule has 1 rings (SSSR count). The summed E-state index contributed by atoms with van der Waals surface area (Å²) in [5.41, 5.74) is 0.181. The smallest absolute Gasteiger partial charge is 0.220 e. The summed E-state index contributed by atoms with van der Waals surface area (Å²) in [6.45, 7) is 12.8. The van der Waals surface area contributed by atoms with Crippen molar-refractivity contribution in [1.29, 1.82) is 0 Å². The van der Waals surface area contributed by atoms with E-state index < -0.39 is 0 Å². The van der Waals surface area contributed by atoms with Gasteiger partial charge >= 0.3 is 0 Å². The van der Waals surface area contributed by atoms with Crippen molar-refractivity contribution in [3.8, 4) is 0 Å². The first-order chi connectivity index (χ1) is 8.20. The second kappa shape index (κ2) is 5.87. The Morgan fingerprint density at radius 3 is 2.39 bits per heavy atom. The number of thiophene rings is 1. The van der Waals surface area contributed by atoms with Gasteiger partial charge in [-0.25, -0.2) is 0 Å². The van der Waals surface area contributed by atoms with Crippen LogP contribution in [0.2, 0.25) is 0 Å². The van der Waals surface area contributed by atoms with Crippen molar-refractivity contribution in [3.05, 3.63) is 21.9 Å². The molecule has 0 aliphatic carbocycles. The van der Waals surface area contributed by atoms with Gasteiger partial charge in [0.2, 0.25) is 5.91 Å². The second-order valence-corrected chi connectivity index (χ2v) is 7.53. The first kappa shape index (κ1) is 15.2. The topological polar surface area (TPSA) is 29.1 Å². The third kappa shape index (κ3) is 4.45. The van der Waals surface area contributed by atoms with Crippen molar-refractivity contribution >= 4 is 17.2 Å². The predicted molar refractivity (Wildman–Crippen MR) is 78.8 cm³/mol. The number of hydrogen-bond donors (Lipinski definition) is 1. The SMILES string of the molecule is Cc1ccc(C(C)NC(=O)CC(C)C(C)(C)C)s1. The van der Waals surface area contributed by atoms with Gasteiger partial charge in [-0.05, 0) is 37.3 Å². The predicted octanol–water partition coefficient (Wildman–Crippen LogP) is 4.31. The average molecular weight is 267 g/mol. The van der Waals surface area contributed by atoms with Gasteiger partial charge in [0.05, 0.1) is 6.04 Å². The highest BCUT2D eigenvalue weighted by atomic mass is 32.1. The van der Waals surface area contributed by atoms with Crippen LogP contribution in [0.25, 0.3) is 0 Å². The molecule has 1 amide bonds. The molecule has 2 atom stereocenters. The minimum Gasteiger partial charge on any atom is -0.349 e. The molecule has 0 saturated carbocycles. The molecule has 1 N–H and O–H groups in total. The van der Waals surface area contributed by atoms with Gasteiger partial charge in [0.15, 0.2) is 0 Å². The van der Waals surface area contributed by atoms with Gasteiger partial charge in [-0.3, -0.25) is 4.79 Å². The van der Waals surface area contributed by atoms with Crippen LogP contribution in [-0.2, 0) is 4.79 Å². The Bertz CT molecular complexity index is 403. The summed E-state index contributed by atoms with van der Waals surface area (Å²) in [6, 6.07) is 4.31. The van der Waals surface area contributed by atoms with Gasteiger partial charge in [0.1, 0.15) is 0 Å². The molecule has 0 radical (unpaired) electrons. The molecule has 3 heteroatoms. The highest BCUT2D eigenvalue weighted by Crippen LogP contribution is 2.28. The summed E-state index contributed by atoms with van der Waals surface area (Å²) in [6.07, 6.45) is 0.595. The van der Waals surface area contributed by atoms with E-state index in [2.05, 4.69) is 52.1 Å². The van der Waals surface area contributed by atoms with Gasteiger partial charge in [-0.1, -0.05) is 27.7 Å². The third-order valence-corrected chi connectivity index (χ3v) is 4.72. The summed E-state index contributed by atoms with van der Waals surface area (Å²) in [5, 5.41) is 3.08. The molecule has 102 valence electrons. The molecule has 0 aliphatic rings. The summed E-state index contributed by atoms with van der Waals surface area (Å²) in [4.78, 5) is 14.5. The Labute approximate surface area is 115 Å². The number of nitrogens with one attached hydrogen (secondary N) is 1. The minimum atomic E-state index is 0.114. The molecule has 0 aromatic carbocycles. The maximum Gasteiger partial charge on any atom is 0.220 e. The van der Waals surface area contributed by atoms with Crippen molar-refractivity contribution in [3.63, 3.8) is 0 Å². The molecular formula is C15H25NOS. The Kier molecular flexibility index (Phi) is 4.97. The fourth-order valence-corrected chi connectivity index (χ4v) is 2.52. The first-order valence-corrected chi connectivity index (χ1v) is 7.37. The van der Waals surface area contributed by atoms with Crippen LogP contribution in [0, 0.1) is 18.3 Å². The van der Waals surface area contributed by atoms with Crippen LogP contribution in [-0.4, -0.2) is 5.91 Å². The molecule has 0 aliphatic heterocycles. The lowest BCUT2D eigenvalue weighted by atomic mass is 9.80. The van der Waals surface area contributed by atoms with Crippen LogP contribution in [0.3, 0.4) is 0 Å². The van der Waals surface area contributed by atoms with E-state index >= 15 is 0 Å². The van der Waals surface area contributed by atoms with Gasteiger partial charge in [-0.15, -0.1) is 11.3 Å². The molecule has 2 nitrogen and oxygen atoms in total. The third-order valence-electron chi connectivity index (χ3n) is 3.54. The Hall–Kier alpha value is -0.830. The standard InChI is InChI=1S/C15H25NOS/c1-10(15(4,5)6)9-14(17)16-12(3)13-8-7-11(2)18-13/h7-8,10,12H,9H2,1-6H3,(H,16,17). The monoisotopic (exact) mass is 267 g/mol. The highest BCUT2D eigenvalue weighted by Gasteiger charge is 2.23. The van der Waals surface area contributed by atoms with Crippen LogP contribution < -0.4 is 5.32 Å². The largest absolute Gasteiger partial charge is 0.349 e. The van der Waals surface area contributed by atoms with Crippen LogP contribution in [0.1, 0.15) is 56.8 Å². The quantitative estimate of drug-likeness (QED) is 0.865. The molecule has 0 saturated heterocycles. The fourth-order valence-electron chi connectivity index (χ4n) is 1.64. The highest BCUT2D eigenvalue weighted by molar-refractivity contribution is 7.12. The molecule has 0 fully saturated rings. The number of aryl methyl sites for hydroxylation is 1. The Morgan fingerprint density at radius 1 is 1.33 bits per heavy atom. The van der Waals surface area contributed by atoms with E-state index in [0.717, 1.165) is 0 Å². The van der Waals surface area contributed by atoms with E-state index in [4.69, 9.17) is 0 Å². The van der Waals surface area contributed by atoms with Crippen molar-refractivity contribution in [2.24, 2.45) is 11.3 Å². The zero-order valence-corrected chi connectivity index (χ0v) is 13.1. The normalized spacial score (nSPS) is 15.2. The van der Waals surface area contributed by atoms with Gasteiger partial charge < -0.3 is 5.32 Å². The molecule has 1 aromatic rings. The lowest BCUT2D eigenvalue weighted by Gasteiger charge is -2.27. The van der Waals surface area contributed by atoms with E-state index in [1.54, 1.807) is 11.3 Å². The van der Waals surface area contributed by atoms with Crippen LogP contribution in [0.4, 0.5) is 0 Å². The molecule has 18 heavy (non-hydrogen) atoms. The zero-order valence-electron chi connectivity index (χ0n) is 12.3. The molecule has 0 spiro atoms. The van der Waals surface area contributed by atoms with E-state index in [9.17, 15) is 4.79 Å². The summed E-state index contributed by atoms with van der Waals surface area (Å²) in [7, 11) is 0. The van der Waals surface area contributed by atoms with E-state index in [-0.39, 0.29) is 17.4 Å². The fraction of sp³-hybridized carbons (Fsp3) is 0.667. The van der Waals surface area contributed by atoms with Gasteiger partial charge in [-0.2, -0.15) is 0 Å². The van der Waals surface area contributed by atoms with E-state index in [0.29, 0.717) is 12.3 Å². The number of rotatable bonds is 4.